The zero-order valence-electron chi connectivity index (χ0n) is 20.9. The second kappa shape index (κ2) is 7.89. The molecule has 6 heteroatoms. The molecule has 0 bridgehead atoms. The first-order chi connectivity index (χ1) is 13.9. The van der Waals surface area contributed by atoms with Crippen LogP contribution in [0.15, 0.2) is 29.5 Å². The van der Waals surface area contributed by atoms with Crippen LogP contribution in [-0.2, 0) is 19.9 Å². The molecule has 0 saturated carbocycles. The molecule has 172 valence electrons. The fraction of sp³-hybridized carbons (Fsp3) is 0.600. The van der Waals surface area contributed by atoms with Crippen LogP contribution in [0, 0.1) is 12.3 Å². The van der Waals surface area contributed by atoms with Crippen LogP contribution in [0.2, 0.25) is 18.1 Å². The van der Waals surface area contributed by atoms with Gasteiger partial charge in [-0.2, -0.15) is 0 Å². The van der Waals surface area contributed by atoms with E-state index in [1.807, 2.05) is 26.8 Å². The highest BCUT2D eigenvalue weighted by molar-refractivity contribution is 6.74. The molecule has 2 rings (SSSR count). The summed E-state index contributed by atoms with van der Waals surface area (Å²) in [6.45, 7) is 21.2. The van der Waals surface area contributed by atoms with Gasteiger partial charge in [-0.15, -0.1) is 0 Å². The SMILES string of the molecule is CC(=O)C(C)(C)C1=C(OC(C)C)C(O)(c2cc(C)cc(O[Si](C)(C)C(C)(C)C)c2)C1=O. The molecule has 0 amide bonds. The first-order valence-corrected chi connectivity index (χ1v) is 13.8. The third kappa shape index (κ3) is 4.37. The van der Waals surface area contributed by atoms with Gasteiger partial charge in [-0.05, 0) is 77.4 Å². The number of hydrogen-bond acceptors (Lipinski definition) is 5. The van der Waals surface area contributed by atoms with Crippen molar-refractivity contribution in [1.82, 2.24) is 0 Å². The smallest absolute Gasteiger partial charge is 0.250 e. The molecule has 0 radical (unpaired) electrons. The van der Waals surface area contributed by atoms with Crippen LogP contribution in [0.1, 0.15) is 66.5 Å². The van der Waals surface area contributed by atoms with Crippen molar-refractivity contribution >= 4 is 19.9 Å². The Morgan fingerprint density at radius 2 is 1.65 bits per heavy atom. The number of ketones is 2. The topological polar surface area (TPSA) is 72.8 Å². The van der Waals surface area contributed by atoms with Gasteiger partial charge in [0.1, 0.15) is 17.3 Å². The standard InChI is InChI=1S/C25H38O5Si/c1-15(2)29-22-20(24(8,9)17(4)26)21(27)25(22,28)18-12-16(3)13-19(14-18)30-31(10,11)23(5,6)7/h12-15,28H,1-11H3. The minimum absolute atomic E-state index is 0.00456. The van der Waals surface area contributed by atoms with Gasteiger partial charge in [0.15, 0.2) is 0 Å². The summed E-state index contributed by atoms with van der Waals surface area (Å²) in [5.74, 6) is 0.142. The number of ether oxygens (including phenoxy) is 1. The Bertz CT molecular complexity index is 934. The van der Waals surface area contributed by atoms with Crippen LogP contribution in [-0.4, -0.2) is 31.1 Å². The Morgan fingerprint density at radius 3 is 2.10 bits per heavy atom. The molecule has 0 fully saturated rings. The lowest BCUT2D eigenvalue weighted by molar-refractivity contribution is -0.147. The van der Waals surface area contributed by atoms with Crippen molar-refractivity contribution in [2.45, 2.75) is 92.2 Å². The first-order valence-electron chi connectivity index (χ1n) is 10.9. The van der Waals surface area contributed by atoms with Gasteiger partial charge in [-0.1, -0.05) is 26.8 Å². The van der Waals surface area contributed by atoms with E-state index in [9.17, 15) is 14.7 Å². The third-order valence-electron chi connectivity index (χ3n) is 6.62. The first kappa shape index (κ1) is 25.3. The summed E-state index contributed by atoms with van der Waals surface area (Å²) in [5.41, 5.74) is -1.45. The lowest BCUT2D eigenvalue weighted by Gasteiger charge is -2.45. The van der Waals surface area contributed by atoms with E-state index in [0.29, 0.717) is 11.3 Å². The number of hydrogen-bond donors (Lipinski definition) is 1. The molecule has 1 unspecified atom stereocenters. The fourth-order valence-electron chi connectivity index (χ4n) is 3.35. The van der Waals surface area contributed by atoms with Crippen molar-refractivity contribution in [2.24, 2.45) is 5.41 Å². The van der Waals surface area contributed by atoms with Gasteiger partial charge in [-0.3, -0.25) is 9.59 Å². The zero-order valence-corrected chi connectivity index (χ0v) is 21.9. The van der Waals surface area contributed by atoms with Crippen LogP contribution in [0.4, 0.5) is 0 Å². The molecule has 1 aliphatic rings. The lowest BCUT2D eigenvalue weighted by atomic mass is 9.63. The highest BCUT2D eigenvalue weighted by Gasteiger charge is 2.61. The van der Waals surface area contributed by atoms with Crippen molar-refractivity contribution in [3.8, 4) is 5.75 Å². The molecule has 0 spiro atoms. The Morgan fingerprint density at radius 1 is 1.10 bits per heavy atom. The second-order valence-corrected chi connectivity index (χ2v) is 15.7. The van der Waals surface area contributed by atoms with Gasteiger partial charge in [0.05, 0.1) is 17.1 Å². The predicted molar refractivity (Wildman–Crippen MR) is 126 cm³/mol. The summed E-state index contributed by atoms with van der Waals surface area (Å²) in [6, 6.07) is 5.42. The predicted octanol–water partition coefficient (Wildman–Crippen LogP) is 5.44. The minimum Gasteiger partial charge on any atom is -0.543 e. The largest absolute Gasteiger partial charge is 0.543 e. The van der Waals surface area contributed by atoms with Gasteiger partial charge < -0.3 is 14.3 Å². The quantitative estimate of drug-likeness (QED) is 0.564. The van der Waals surface area contributed by atoms with Gasteiger partial charge in [0.25, 0.3) is 0 Å². The number of carbonyl (C=O) groups is 2. The van der Waals surface area contributed by atoms with E-state index in [2.05, 4.69) is 33.9 Å². The van der Waals surface area contributed by atoms with Crippen molar-refractivity contribution in [3.63, 3.8) is 0 Å². The highest BCUT2D eigenvalue weighted by atomic mass is 28.4. The van der Waals surface area contributed by atoms with Crippen molar-refractivity contribution in [3.05, 3.63) is 40.7 Å². The summed E-state index contributed by atoms with van der Waals surface area (Å²) in [5, 5.41) is 11.6. The molecule has 1 aliphatic carbocycles. The number of carbonyl (C=O) groups excluding carboxylic acids is 2. The summed E-state index contributed by atoms with van der Waals surface area (Å²) in [7, 11) is -2.12. The molecule has 0 saturated heterocycles. The van der Waals surface area contributed by atoms with Crippen LogP contribution < -0.4 is 4.43 Å². The minimum atomic E-state index is -2.12. The van der Waals surface area contributed by atoms with Gasteiger partial charge in [0, 0.05) is 5.56 Å². The average molecular weight is 447 g/mol. The molecule has 1 N–H and O–H groups in total. The molecular formula is C25H38O5Si. The molecule has 0 aromatic heterocycles. The van der Waals surface area contributed by atoms with Crippen molar-refractivity contribution in [1.29, 1.82) is 0 Å². The monoisotopic (exact) mass is 446 g/mol. The van der Waals surface area contributed by atoms with Crippen LogP contribution >= 0.6 is 0 Å². The Balaban J connectivity index is 2.64. The van der Waals surface area contributed by atoms with E-state index in [4.69, 9.17) is 9.16 Å². The average Bonchev–Trinajstić information content (AvgIpc) is 2.57. The Hall–Kier alpha value is -1.92. The second-order valence-electron chi connectivity index (χ2n) is 11.0. The number of aryl methyl sites for hydroxylation is 1. The number of aliphatic hydroxyl groups is 1. The maximum Gasteiger partial charge on any atom is 0.250 e. The van der Waals surface area contributed by atoms with Gasteiger partial charge >= 0.3 is 0 Å². The summed E-state index contributed by atoms with van der Waals surface area (Å²) >= 11 is 0. The van der Waals surface area contributed by atoms with Gasteiger partial charge in [0.2, 0.25) is 19.7 Å². The van der Waals surface area contributed by atoms with E-state index in [0.717, 1.165) is 5.56 Å². The molecule has 1 atom stereocenters. The van der Waals surface area contributed by atoms with E-state index in [1.54, 1.807) is 26.0 Å². The third-order valence-corrected chi connectivity index (χ3v) is 11.0. The highest BCUT2D eigenvalue weighted by Crippen LogP contribution is 2.52. The molecule has 5 nitrogen and oxygen atoms in total. The van der Waals surface area contributed by atoms with Crippen LogP contribution in [0.3, 0.4) is 0 Å². The van der Waals surface area contributed by atoms with E-state index in [-0.39, 0.29) is 28.3 Å². The van der Waals surface area contributed by atoms with E-state index >= 15 is 0 Å². The van der Waals surface area contributed by atoms with Gasteiger partial charge in [-0.25, -0.2) is 0 Å². The normalized spacial score (nSPS) is 20.1. The zero-order chi connectivity index (χ0) is 24.2. The summed E-state index contributed by atoms with van der Waals surface area (Å²) in [6.07, 6.45) is -0.264. The van der Waals surface area contributed by atoms with Crippen LogP contribution in [0.25, 0.3) is 0 Å². The number of benzene rings is 1. The Kier molecular flexibility index (Phi) is 6.45. The molecule has 31 heavy (non-hydrogen) atoms. The molecule has 0 heterocycles. The van der Waals surface area contributed by atoms with Crippen LogP contribution in [0.5, 0.6) is 5.75 Å². The molecular weight excluding hydrogens is 408 g/mol. The molecule has 0 aliphatic heterocycles. The van der Waals surface area contributed by atoms with Crippen molar-refractivity contribution in [2.75, 3.05) is 0 Å². The molecule has 1 aromatic carbocycles. The number of Topliss-reactive ketones (excluding diaryl/α,β-unsaturated/α-hetero) is 2. The number of rotatable bonds is 7. The van der Waals surface area contributed by atoms with Crippen molar-refractivity contribution < 1.29 is 23.9 Å². The van der Waals surface area contributed by atoms with E-state index < -0.39 is 25.1 Å². The van der Waals surface area contributed by atoms with E-state index in [1.165, 1.54) is 6.92 Å². The summed E-state index contributed by atoms with van der Waals surface area (Å²) in [4.78, 5) is 25.6. The molecule has 1 aromatic rings. The Labute approximate surface area is 188 Å². The lowest BCUT2D eigenvalue weighted by Crippen LogP contribution is -2.54. The maximum atomic E-state index is 13.3. The fourth-order valence-corrected chi connectivity index (χ4v) is 4.37. The summed E-state index contributed by atoms with van der Waals surface area (Å²) < 4.78 is 12.4. The maximum absolute atomic E-state index is 13.3.